The molecule has 0 unspecified atom stereocenters. The minimum Gasteiger partial charge on any atom is -0.299 e. The molecule has 0 bridgehead atoms. The summed E-state index contributed by atoms with van der Waals surface area (Å²) in [7, 11) is 0. The number of hydrogen-bond donors (Lipinski definition) is 0. The summed E-state index contributed by atoms with van der Waals surface area (Å²) in [5.74, 6) is 1.48. The van der Waals surface area contributed by atoms with Crippen molar-refractivity contribution in [3.8, 4) is 0 Å². The molecule has 138 heavy (non-hydrogen) atoms. The zero-order chi connectivity index (χ0) is 117. The van der Waals surface area contributed by atoms with Crippen LogP contribution in [0, 0.1) is 152 Å². The summed E-state index contributed by atoms with van der Waals surface area (Å²) in [6.07, 6.45) is 10.1. The molecule has 0 saturated heterocycles. The number of Topliss-reactive ketones (excluding diaryl/α,β-unsaturated/α-hetero) is 7. The molecule has 0 heterocycles. The van der Waals surface area contributed by atoms with Gasteiger partial charge in [0.05, 0.1) is 15.1 Å². The molecule has 0 radical (unpaired) electrons. The van der Waals surface area contributed by atoms with Gasteiger partial charge in [0, 0.05) is 79.3 Å². The van der Waals surface area contributed by atoms with Crippen LogP contribution in [-0.2, 0) is 78.5 Å². The second-order valence-electron chi connectivity index (χ2n) is 55.8. The van der Waals surface area contributed by atoms with E-state index < -0.39 is 10.8 Å². The van der Waals surface area contributed by atoms with Crippen molar-refractivity contribution in [2.24, 2.45) is 117 Å². The van der Waals surface area contributed by atoms with Gasteiger partial charge in [0.2, 0.25) is 0 Å². The number of aryl methyl sites for hydroxylation is 4. The summed E-state index contributed by atoms with van der Waals surface area (Å²) >= 11 is 0. The molecule has 0 fully saturated rings. The molecule has 7 nitrogen and oxygen atoms in total. The maximum atomic E-state index is 12.9. The van der Waals surface area contributed by atoms with E-state index in [-0.39, 0.29) is 136 Å². The average Bonchev–Trinajstić information content (AvgIpc) is 0.800. The zero-order valence-corrected chi connectivity index (χ0v) is 96.8. The predicted molar refractivity (Wildman–Crippen MR) is 599 cm³/mol. The average molecular weight is 1900 g/mol. The van der Waals surface area contributed by atoms with Gasteiger partial charge in [-0.25, -0.2) is 0 Å². The first-order valence-electron chi connectivity index (χ1n) is 56.9. The van der Waals surface area contributed by atoms with E-state index in [1.165, 1.54) is 0 Å². The van der Waals surface area contributed by atoms with E-state index in [1.807, 2.05) is 227 Å². The van der Waals surface area contributed by atoms with Gasteiger partial charge in [0.25, 0.3) is 0 Å². The van der Waals surface area contributed by atoms with Crippen LogP contribution < -0.4 is 0 Å². The Labute approximate surface area is 865 Å². The van der Waals surface area contributed by atoms with E-state index in [1.54, 1.807) is 56.3 Å². The van der Waals surface area contributed by atoms with Crippen LogP contribution in [0.5, 0.6) is 0 Å². The lowest BCUT2D eigenvalue weighted by molar-refractivity contribution is -0.132. The Morgan fingerprint density at radius 1 is 0.196 bits per heavy atom. The highest BCUT2D eigenvalue weighted by Crippen LogP contribution is 2.41. The summed E-state index contributed by atoms with van der Waals surface area (Å²) in [5.41, 5.74) is 8.99. The number of carbonyl (C=O) groups excluding carboxylic acids is 7. The molecule has 7 atom stereocenters. The monoisotopic (exact) mass is 1900 g/mol. The third kappa shape index (κ3) is 56.8. The van der Waals surface area contributed by atoms with Gasteiger partial charge < -0.3 is 0 Å². The van der Waals surface area contributed by atoms with Crippen molar-refractivity contribution in [3.05, 3.63) is 248 Å². The van der Waals surface area contributed by atoms with Crippen LogP contribution >= 0.6 is 0 Å². The second-order valence-corrected chi connectivity index (χ2v) is 55.8. The van der Waals surface area contributed by atoms with E-state index in [0.29, 0.717) is 138 Å². The Morgan fingerprint density at radius 2 is 0.442 bits per heavy atom. The third-order valence-electron chi connectivity index (χ3n) is 23.4. The molecule has 772 valence electrons. The SMILES string of the molecule is [2H]c1cc(C)c([2H])c(C[C@H](CC(C)(C)C)C(=O)C(C)(C)C)c1[2H].[2H]c1cc(C)cc(C[C@H](CC(C)(C)C)C(=O)C(C)(C)C)c1.[2H]c1cc(C[C@H](CC(C)(C)C)C(=O)C(C)(C)C)cc([2H])c1C.[2H]c1cc(C[C@H](CC(C)(C)C)C(=O)C(C)(C)C)ccc1C.[2H]c1ccc(C)cc1C[C@H](CC(C)(C)C)C(=O)C(C)(C)C.[2H]c1cccc([2H])c1C[C@H](CC(C)(C)C)C(=O)C(C)(C)C.[2H]c1ccccc1C[C@H](CC(C)(C)C)C(=O)C(C)(C)C. The van der Waals surface area contributed by atoms with E-state index in [4.69, 9.17) is 15.1 Å². The highest BCUT2D eigenvalue weighted by molar-refractivity contribution is 5.89. The van der Waals surface area contributed by atoms with E-state index in [0.717, 1.165) is 95.9 Å². The zero-order valence-electron chi connectivity index (χ0n) is 108. The fraction of sp³-hybridized carbons (Fsp3) is 0.626. The summed E-state index contributed by atoms with van der Waals surface area (Å²) < 4.78 is 88.0. The summed E-state index contributed by atoms with van der Waals surface area (Å²) in [4.78, 5) is 89.4. The molecule has 0 aliphatic heterocycles. The van der Waals surface area contributed by atoms with Crippen LogP contribution in [0.15, 0.2) is 182 Å². The first-order chi connectivity index (χ1) is 66.6. The highest BCUT2D eigenvalue weighted by atomic mass is 16.2. The minimum atomic E-state index is -0.450. The van der Waals surface area contributed by atoms with Gasteiger partial charge in [-0.1, -0.05) is 500 Å². The number of benzene rings is 7. The molecular weight excluding hydrogens is 1690 g/mol. The van der Waals surface area contributed by atoms with Crippen molar-refractivity contribution in [1.82, 2.24) is 0 Å². The number of hydrogen-bond acceptors (Lipinski definition) is 7. The molecule has 0 amide bonds. The largest absolute Gasteiger partial charge is 0.299 e. The quantitative estimate of drug-likeness (QED) is 0.0479. The van der Waals surface area contributed by atoms with Crippen molar-refractivity contribution in [2.45, 2.75) is 415 Å². The van der Waals surface area contributed by atoms with Gasteiger partial charge in [0.15, 0.2) is 0 Å². The van der Waals surface area contributed by atoms with E-state index in [9.17, 15) is 33.6 Å². The molecule has 7 aromatic carbocycles. The number of ketones is 7. The molecule has 0 aliphatic rings. The fourth-order valence-electron chi connectivity index (χ4n) is 17.6. The van der Waals surface area contributed by atoms with Crippen LogP contribution in [0.1, 0.15) is 418 Å². The molecule has 7 heteroatoms. The molecule has 7 rings (SSSR count). The Hall–Kier alpha value is -7.77. The van der Waals surface area contributed by atoms with Crippen molar-refractivity contribution in [1.29, 1.82) is 0 Å². The van der Waals surface area contributed by atoms with Crippen molar-refractivity contribution in [2.75, 3.05) is 0 Å². The number of carbonyl (C=O) groups is 7. The lowest BCUT2D eigenvalue weighted by Crippen LogP contribution is -2.32. The maximum Gasteiger partial charge on any atom is 0.141 e. The van der Waals surface area contributed by atoms with E-state index >= 15 is 0 Å². The lowest BCUT2D eigenvalue weighted by atomic mass is 9.73. The van der Waals surface area contributed by atoms with Crippen LogP contribution in [-0.4, -0.2) is 40.5 Å². The highest BCUT2D eigenvalue weighted by Gasteiger charge is 2.40. The van der Waals surface area contributed by atoms with Gasteiger partial charge in [-0.2, -0.15) is 0 Å². The first kappa shape index (κ1) is 109. The topological polar surface area (TPSA) is 119 Å². The van der Waals surface area contributed by atoms with Crippen LogP contribution in [0.2, 0.25) is 0 Å². The van der Waals surface area contributed by atoms with Crippen molar-refractivity contribution < 1.29 is 48.6 Å². The van der Waals surface area contributed by atoms with Crippen LogP contribution in [0.25, 0.3) is 0 Å². The predicted octanol–water partition coefficient (Wildman–Crippen LogP) is 35.8. The van der Waals surface area contributed by atoms with Crippen LogP contribution in [0.3, 0.4) is 0 Å². The first-order valence-corrected chi connectivity index (χ1v) is 51.4. The molecular formula is C131H206O7. The van der Waals surface area contributed by atoms with Gasteiger partial charge in [-0.15, -0.1) is 0 Å². The van der Waals surface area contributed by atoms with Gasteiger partial charge in [-0.05, 0) is 201 Å². The van der Waals surface area contributed by atoms with Gasteiger partial charge in [-0.3, -0.25) is 33.6 Å². The fourth-order valence-corrected chi connectivity index (χ4v) is 17.6. The van der Waals surface area contributed by atoms with Crippen molar-refractivity contribution in [3.63, 3.8) is 0 Å². The normalized spacial score (nSPS) is 15.3. The Kier molecular flexibility index (Phi) is 42.7. The standard InChI is InChI=1S/5C19H30O.2C18H28O/c2*1-14-8-10-15(11-9-14)12-16(13-18(2,3)4)17(20)19(5,6)7;3*1-14-9-8-10-15(11-14)12-16(13-18(2,3)4)17(20)19(5,6)7;2*1-17(2,3)13-15(16(19)18(4,5)6)12-14-10-8-7-9-11-14/h5*8-11,16H,12-13H2,1-7H3;2*7-11,15H,12-13H2,1-6H3/t5*16-;2*15-/m1111111/s1/i8D,9D;8D;8D,10D,11D;10D;8D;10D,11D;10D. The van der Waals surface area contributed by atoms with Crippen molar-refractivity contribution >= 4 is 40.5 Å². The van der Waals surface area contributed by atoms with Gasteiger partial charge in [0.1, 0.15) is 40.5 Å². The second kappa shape index (κ2) is 54.1. The minimum absolute atomic E-state index is 0.0103. The Bertz CT molecular complexity index is 5440. The van der Waals surface area contributed by atoms with E-state index in [2.05, 4.69) is 158 Å². The number of rotatable bonds is 28. The lowest BCUT2D eigenvalue weighted by Gasteiger charge is -2.30. The molecule has 0 spiro atoms. The molecule has 0 aliphatic carbocycles. The molecule has 7 aromatic rings. The Balaban J connectivity index is 0.000000869. The summed E-state index contributed by atoms with van der Waals surface area (Å²) in [5, 5.41) is 0. The van der Waals surface area contributed by atoms with Gasteiger partial charge >= 0.3 is 0 Å². The summed E-state index contributed by atoms with van der Waals surface area (Å²) in [6.45, 7) is 96.2. The molecule has 0 saturated carbocycles. The maximum absolute atomic E-state index is 12.9. The Morgan fingerprint density at radius 3 is 0.746 bits per heavy atom. The summed E-state index contributed by atoms with van der Waals surface area (Å²) in [6, 6.07) is 39.7. The van der Waals surface area contributed by atoms with Crippen LogP contribution in [0.4, 0.5) is 0 Å². The third-order valence-corrected chi connectivity index (χ3v) is 23.4. The molecule has 0 aromatic heterocycles. The molecule has 0 N–H and O–H groups in total. The smallest absolute Gasteiger partial charge is 0.141 e.